The van der Waals surface area contributed by atoms with Crippen LogP contribution in [0.3, 0.4) is 0 Å². The van der Waals surface area contributed by atoms with Gasteiger partial charge in [-0.05, 0) is 49.7 Å². The molecule has 0 radical (unpaired) electrons. The first kappa shape index (κ1) is 21.0. The van der Waals surface area contributed by atoms with Gasteiger partial charge in [0.1, 0.15) is 12.4 Å². The number of carbonyl (C=O) groups is 3. The molecule has 2 aromatic carbocycles. The molecule has 0 bridgehead atoms. The van der Waals surface area contributed by atoms with Gasteiger partial charge in [-0.3, -0.25) is 19.0 Å². The van der Waals surface area contributed by atoms with Gasteiger partial charge in [-0.1, -0.05) is 6.07 Å². The van der Waals surface area contributed by atoms with Gasteiger partial charge in [0.25, 0.3) is 5.91 Å². The number of aromatic nitrogens is 1. The molecule has 1 unspecified atom stereocenters. The molecule has 0 aliphatic carbocycles. The van der Waals surface area contributed by atoms with Gasteiger partial charge >= 0.3 is 5.97 Å². The fourth-order valence-corrected chi connectivity index (χ4v) is 3.47. The Morgan fingerprint density at radius 1 is 1.17 bits per heavy atom. The van der Waals surface area contributed by atoms with Crippen LogP contribution in [0.1, 0.15) is 34.5 Å². The van der Waals surface area contributed by atoms with Crippen LogP contribution in [-0.2, 0) is 9.59 Å². The zero-order valence-corrected chi connectivity index (χ0v) is 16.1. The number of hydrogen-bond acceptors (Lipinski definition) is 4. The standard InChI is InChI=1S/C21H18F2N2O5/c1-10(20(29)24-9-16(27)28)17-11(2)25(14-6-7-15(26)19(23)18(14)17)21(30)12-4-3-5-13(22)8-12/h3-8,10,26H,9H2,1-2H3,(H,24,29)(H,27,28). The number of carboxylic acids is 1. The third-order valence-electron chi connectivity index (χ3n) is 4.85. The number of benzene rings is 2. The number of fused-ring (bicyclic) bond motifs is 1. The van der Waals surface area contributed by atoms with E-state index in [1.54, 1.807) is 0 Å². The van der Waals surface area contributed by atoms with Gasteiger partial charge in [0.15, 0.2) is 11.6 Å². The van der Waals surface area contributed by atoms with Gasteiger partial charge in [-0.25, -0.2) is 8.78 Å². The molecule has 1 amide bonds. The molecular formula is C21H18F2N2O5. The van der Waals surface area contributed by atoms with Crippen LogP contribution in [0.4, 0.5) is 8.78 Å². The molecule has 0 saturated heterocycles. The van der Waals surface area contributed by atoms with Crippen molar-refractivity contribution >= 4 is 28.7 Å². The largest absolute Gasteiger partial charge is 0.505 e. The lowest BCUT2D eigenvalue weighted by atomic mass is 9.96. The highest BCUT2D eigenvalue weighted by Gasteiger charge is 2.29. The van der Waals surface area contributed by atoms with Crippen molar-refractivity contribution in [3.05, 3.63) is 64.9 Å². The van der Waals surface area contributed by atoms with Crippen LogP contribution in [0.15, 0.2) is 36.4 Å². The van der Waals surface area contributed by atoms with Crippen LogP contribution in [0, 0.1) is 18.6 Å². The molecule has 1 aromatic heterocycles. The van der Waals surface area contributed by atoms with Crippen LogP contribution in [0.25, 0.3) is 10.9 Å². The van der Waals surface area contributed by atoms with E-state index in [0.717, 1.165) is 16.7 Å². The Kier molecular flexibility index (Phi) is 5.55. The maximum absolute atomic E-state index is 14.9. The average molecular weight is 416 g/mol. The number of hydrogen-bond donors (Lipinski definition) is 3. The molecule has 156 valence electrons. The number of halogens is 2. The van der Waals surface area contributed by atoms with Crippen LogP contribution in [0.5, 0.6) is 5.75 Å². The number of carboxylic acid groups (broad SMARTS) is 1. The Morgan fingerprint density at radius 3 is 2.50 bits per heavy atom. The summed E-state index contributed by atoms with van der Waals surface area (Å²) >= 11 is 0. The van der Waals surface area contributed by atoms with Crippen LogP contribution < -0.4 is 5.32 Å². The Balaban J connectivity index is 2.22. The number of amides is 1. The number of rotatable bonds is 5. The molecule has 3 rings (SSSR count). The first-order chi connectivity index (χ1) is 14.1. The summed E-state index contributed by atoms with van der Waals surface area (Å²) in [6, 6.07) is 7.37. The van der Waals surface area contributed by atoms with E-state index in [4.69, 9.17) is 5.11 Å². The summed E-state index contributed by atoms with van der Waals surface area (Å²) in [4.78, 5) is 36.2. The van der Waals surface area contributed by atoms with E-state index < -0.39 is 47.6 Å². The second kappa shape index (κ2) is 7.94. The monoisotopic (exact) mass is 416 g/mol. The van der Waals surface area contributed by atoms with E-state index in [9.17, 15) is 28.3 Å². The Hall–Kier alpha value is -3.75. The van der Waals surface area contributed by atoms with Gasteiger partial charge < -0.3 is 15.5 Å². The van der Waals surface area contributed by atoms with Crippen LogP contribution >= 0.6 is 0 Å². The summed E-state index contributed by atoms with van der Waals surface area (Å²) in [6.07, 6.45) is 0. The molecule has 3 N–H and O–H groups in total. The first-order valence-corrected chi connectivity index (χ1v) is 8.95. The van der Waals surface area contributed by atoms with Crippen molar-refractivity contribution in [1.29, 1.82) is 0 Å². The lowest BCUT2D eigenvalue weighted by Gasteiger charge is -2.13. The van der Waals surface area contributed by atoms with Crippen molar-refractivity contribution < 1.29 is 33.4 Å². The van der Waals surface area contributed by atoms with Gasteiger partial charge in [-0.2, -0.15) is 0 Å². The number of nitrogens with one attached hydrogen (secondary N) is 1. The SMILES string of the molecule is Cc1c(C(C)C(=O)NCC(=O)O)c2c(F)c(O)ccc2n1C(=O)c1cccc(F)c1. The molecule has 0 aliphatic rings. The zero-order valence-electron chi connectivity index (χ0n) is 16.1. The van der Waals surface area contributed by atoms with Gasteiger partial charge in [0, 0.05) is 16.6 Å². The summed E-state index contributed by atoms with van der Waals surface area (Å²) in [6.45, 7) is 2.29. The fraction of sp³-hybridized carbons (Fsp3) is 0.190. The second-order valence-corrected chi connectivity index (χ2v) is 6.78. The van der Waals surface area contributed by atoms with Crippen molar-refractivity contribution in [3.8, 4) is 5.75 Å². The highest BCUT2D eigenvalue weighted by atomic mass is 19.1. The second-order valence-electron chi connectivity index (χ2n) is 6.78. The summed E-state index contributed by atoms with van der Waals surface area (Å²) in [7, 11) is 0. The number of phenols is 1. The van der Waals surface area contributed by atoms with E-state index in [1.165, 1.54) is 38.1 Å². The minimum atomic E-state index is -1.25. The summed E-state index contributed by atoms with van der Waals surface area (Å²) in [5.74, 6) is -5.94. The van der Waals surface area contributed by atoms with Crippen LogP contribution in [0.2, 0.25) is 0 Å². The molecule has 7 nitrogen and oxygen atoms in total. The molecule has 30 heavy (non-hydrogen) atoms. The van der Waals surface area contributed by atoms with Crippen molar-refractivity contribution in [1.82, 2.24) is 9.88 Å². The molecular weight excluding hydrogens is 398 g/mol. The molecule has 0 fully saturated rings. The lowest BCUT2D eigenvalue weighted by Crippen LogP contribution is -2.32. The predicted octanol–water partition coefficient (Wildman–Crippen LogP) is 2.93. The van der Waals surface area contributed by atoms with Gasteiger partial charge in [-0.15, -0.1) is 0 Å². The van der Waals surface area contributed by atoms with Crippen LogP contribution in [-0.4, -0.2) is 39.1 Å². The van der Waals surface area contributed by atoms with Gasteiger partial charge in [0.2, 0.25) is 5.91 Å². The first-order valence-electron chi connectivity index (χ1n) is 8.95. The average Bonchev–Trinajstić information content (AvgIpc) is 3.00. The van der Waals surface area contributed by atoms with Crippen molar-refractivity contribution in [2.24, 2.45) is 0 Å². The summed E-state index contributed by atoms with van der Waals surface area (Å²) in [5.41, 5.74) is 0.427. The van der Waals surface area contributed by atoms with Crippen molar-refractivity contribution in [2.75, 3.05) is 6.54 Å². The minimum Gasteiger partial charge on any atom is -0.505 e. The van der Waals surface area contributed by atoms with Gasteiger partial charge in [0.05, 0.1) is 11.4 Å². The van der Waals surface area contributed by atoms with E-state index in [0.29, 0.717) is 0 Å². The molecule has 1 heterocycles. The molecule has 3 aromatic rings. The normalized spacial score (nSPS) is 12.0. The van der Waals surface area contributed by atoms with Crippen molar-refractivity contribution in [2.45, 2.75) is 19.8 Å². The predicted molar refractivity (Wildman–Crippen MR) is 103 cm³/mol. The minimum absolute atomic E-state index is 0.0121. The lowest BCUT2D eigenvalue weighted by molar-refractivity contribution is -0.138. The number of aliphatic carboxylic acids is 1. The maximum Gasteiger partial charge on any atom is 0.322 e. The molecule has 9 heteroatoms. The number of aromatic hydroxyl groups is 1. The number of carbonyl (C=O) groups excluding carboxylic acids is 2. The Bertz CT molecular complexity index is 1190. The molecule has 0 spiro atoms. The third-order valence-corrected chi connectivity index (χ3v) is 4.85. The Morgan fingerprint density at radius 2 is 1.87 bits per heavy atom. The van der Waals surface area contributed by atoms with E-state index in [1.807, 2.05) is 0 Å². The number of nitrogens with zero attached hydrogens (tertiary/aromatic N) is 1. The highest BCUT2D eigenvalue weighted by Crippen LogP contribution is 2.37. The van der Waals surface area contributed by atoms with E-state index in [-0.39, 0.29) is 27.7 Å². The van der Waals surface area contributed by atoms with E-state index in [2.05, 4.69) is 5.32 Å². The zero-order chi connectivity index (χ0) is 22.2. The number of phenolic OH excluding ortho intramolecular Hbond substituents is 1. The molecule has 1 atom stereocenters. The Labute approximate surface area is 169 Å². The summed E-state index contributed by atoms with van der Waals surface area (Å²) in [5, 5.41) is 20.7. The van der Waals surface area contributed by atoms with E-state index >= 15 is 0 Å². The van der Waals surface area contributed by atoms with Crippen molar-refractivity contribution in [3.63, 3.8) is 0 Å². The molecule has 0 aliphatic heterocycles. The quantitative estimate of drug-likeness (QED) is 0.593. The highest BCUT2D eigenvalue weighted by molar-refractivity contribution is 6.06. The maximum atomic E-state index is 14.9. The smallest absolute Gasteiger partial charge is 0.322 e. The summed E-state index contributed by atoms with van der Waals surface area (Å²) < 4.78 is 29.6. The topological polar surface area (TPSA) is 109 Å². The fourth-order valence-electron chi connectivity index (χ4n) is 3.47. The third kappa shape index (κ3) is 3.61. The molecule has 0 saturated carbocycles.